The van der Waals surface area contributed by atoms with Gasteiger partial charge < -0.3 is 14.0 Å². The summed E-state index contributed by atoms with van der Waals surface area (Å²) in [5.74, 6) is -0.0629. The number of aromatic nitrogens is 2. The van der Waals surface area contributed by atoms with Gasteiger partial charge in [-0.05, 0) is 6.07 Å². The summed E-state index contributed by atoms with van der Waals surface area (Å²) in [5.41, 5.74) is -0.287. The molecule has 9 nitrogen and oxygen atoms in total. The van der Waals surface area contributed by atoms with E-state index in [1.54, 1.807) is 6.92 Å². The molecule has 0 amide bonds. The van der Waals surface area contributed by atoms with Crippen LogP contribution < -0.4 is 4.74 Å². The number of nitro groups is 1. The molecule has 0 saturated carbocycles. The minimum Gasteiger partial charge on any atom is -0.496 e. The second-order valence-corrected chi connectivity index (χ2v) is 3.95. The summed E-state index contributed by atoms with van der Waals surface area (Å²) in [6.45, 7) is 1.39. The Bertz CT molecular complexity index is 681. The number of nitro benzene ring substituents is 1. The van der Waals surface area contributed by atoms with Gasteiger partial charge in [-0.2, -0.15) is 4.98 Å². The van der Waals surface area contributed by atoms with Crippen LogP contribution in [0.15, 0.2) is 22.7 Å². The molecule has 0 unspecified atom stereocenters. The summed E-state index contributed by atoms with van der Waals surface area (Å²) in [4.78, 5) is 26.0. The van der Waals surface area contributed by atoms with Crippen molar-refractivity contribution in [3.05, 3.63) is 45.6 Å². The fraction of sp³-hybridized carbons (Fsp3) is 0.250. The molecule has 0 N–H and O–H groups in total. The van der Waals surface area contributed by atoms with Crippen molar-refractivity contribution >= 4 is 11.7 Å². The van der Waals surface area contributed by atoms with Gasteiger partial charge in [0.2, 0.25) is 11.7 Å². The molecule has 1 heterocycles. The lowest BCUT2D eigenvalue weighted by Crippen LogP contribution is -2.08. The summed E-state index contributed by atoms with van der Waals surface area (Å²) in [7, 11) is 1.35. The molecule has 2 rings (SSSR count). The average molecular weight is 293 g/mol. The number of esters is 1. The van der Waals surface area contributed by atoms with Crippen LogP contribution in [0.2, 0.25) is 0 Å². The van der Waals surface area contributed by atoms with E-state index in [4.69, 9.17) is 14.0 Å². The predicted octanol–water partition coefficient (Wildman–Crippen LogP) is 1.65. The first kappa shape index (κ1) is 14.4. The number of hydrogen-bond donors (Lipinski definition) is 0. The van der Waals surface area contributed by atoms with E-state index in [9.17, 15) is 14.9 Å². The van der Waals surface area contributed by atoms with Crippen molar-refractivity contribution in [1.29, 1.82) is 0 Å². The van der Waals surface area contributed by atoms with E-state index >= 15 is 0 Å². The SMILES string of the molecule is COc1ccc([N+](=O)[O-])cc1C(=O)OCc1noc(C)n1. The first-order chi connectivity index (χ1) is 10.0. The van der Waals surface area contributed by atoms with E-state index in [0.717, 1.165) is 6.07 Å². The maximum atomic E-state index is 12.0. The molecule has 1 aromatic carbocycles. The summed E-state index contributed by atoms with van der Waals surface area (Å²) in [6.07, 6.45) is 0. The average Bonchev–Trinajstić information content (AvgIpc) is 2.89. The van der Waals surface area contributed by atoms with E-state index < -0.39 is 10.9 Å². The number of ether oxygens (including phenoxy) is 2. The second-order valence-electron chi connectivity index (χ2n) is 3.95. The molecule has 0 spiro atoms. The number of nitrogens with zero attached hydrogens (tertiary/aromatic N) is 3. The summed E-state index contributed by atoms with van der Waals surface area (Å²) in [5, 5.41) is 14.3. The third kappa shape index (κ3) is 3.32. The quantitative estimate of drug-likeness (QED) is 0.464. The highest BCUT2D eigenvalue weighted by molar-refractivity contribution is 5.93. The zero-order valence-corrected chi connectivity index (χ0v) is 11.2. The van der Waals surface area contributed by atoms with E-state index in [1.165, 1.54) is 19.2 Å². The highest BCUT2D eigenvalue weighted by Gasteiger charge is 2.19. The van der Waals surface area contributed by atoms with Crippen molar-refractivity contribution in [2.75, 3.05) is 7.11 Å². The van der Waals surface area contributed by atoms with Crippen LogP contribution >= 0.6 is 0 Å². The Labute approximate surface area is 118 Å². The van der Waals surface area contributed by atoms with Crippen LogP contribution in [-0.4, -0.2) is 28.1 Å². The van der Waals surface area contributed by atoms with Gasteiger partial charge in [0.15, 0.2) is 6.61 Å². The summed E-state index contributed by atoms with van der Waals surface area (Å²) < 4.78 is 14.7. The fourth-order valence-corrected chi connectivity index (χ4v) is 1.58. The lowest BCUT2D eigenvalue weighted by atomic mass is 10.2. The van der Waals surface area contributed by atoms with Gasteiger partial charge in [-0.25, -0.2) is 4.79 Å². The smallest absolute Gasteiger partial charge is 0.342 e. The number of aryl methyl sites for hydroxylation is 1. The standard InChI is InChI=1S/C12H11N3O6/c1-7-13-11(14-21-7)6-20-12(16)9-5-8(15(17)18)3-4-10(9)19-2/h3-5H,6H2,1-2H3. The van der Waals surface area contributed by atoms with Crippen LogP contribution in [0.5, 0.6) is 5.75 Å². The van der Waals surface area contributed by atoms with Gasteiger partial charge in [-0.1, -0.05) is 5.16 Å². The van der Waals surface area contributed by atoms with E-state index in [-0.39, 0.29) is 29.4 Å². The molecule has 0 aliphatic rings. The molecule has 0 fully saturated rings. The van der Waals surface area contributed by atoms with Gasteiger partial charge in [-0.3, -0.25) is 10.1 Å². The Morgan fingerprint density at radius 3 is 2.81 bits per heavy atom. The van der Waals surface area contributed by atoms with E-state index in [2.05, 4.69) is 10.1 Å². The maximum absolute atomic E-state index is 12.0. The minimum absolute atomic E-state index is 0.0492. The van der Waals surface area contributed by atoms with E-state index in [0.29, 0.717) is 5.89 Å². The van der Waals surface area contributed by atoms with Crippen LogP contribution in [0.4, 0.5) is 5.69 Å². The fourth-order valence-electron chi connectivity index (χ4n) is 1.58. The van der Waals surface area contributed by atoms with Gasteiger partial charge in [-0.15, -0.1) is 0 Å². The molecule has 0 bridgehead atoms. The number of carbonyl (C=O) groups excluding carboxylic acids is 1. The summed E-state index contributed by atoms with van der Waals surface area (Å²) in [6, 6.07) is 3.65. The van der Waals surface area contributed by atoms with Gasteiger partial charge in [0.05, 0.1) is 12.0 Å². The first-order valence-electron chi connectivity index (χ1n) is 5.80. The third-order valence-electron chi connectivity index (χ3n) is 2.52. The van der Waals surface area contributed by atoms with Gasteiger partial charge in [0, 0.05) is 19.1 Å². The number of benzene rings is 1. The highest BCUT2D eigenvalue weighted by Crippen LogP contribution is 2.24. The Morgan fingerprint density at radius 2 is 2.24 bits per heavy atom. The monoisotopic (exact) mass is 293 g/mol. The summed E-state index contributed by atoms with van der Waals surface area (Å²) >= 11 is 0. The van der Waals surface area contributed by atoms with Gasteiger partial charge in [0.1, 0.15) is 11.3 Å². The molecule has 110 valence electrons. The first-order valence-corrected chi connectivity index (χ1v) is 5.80. The molecular weight excluding hydrogens is 282 g/mol. The minimum atomic E-state index is -0.780. The van der Waals surface area contributed by atoms with Crippen LogP contribution in [0.1, 0.15) is 22.1 Å². The highest BCUT2D eigenvalue weighted by atomic mass is 16.6. The lowest BCUT2D eigenvalue weighted by Gasteiger charge is -2.07. The number of hydrogen-bond acceptors (Lipinski definition) is 8. The Hall–Kier alpha value is -2.97. The lowest BCUT2D eigenvalue weighted by molar-refractivity contribution is -0.384. The second kappa shape index (κ2) is 5.99. The Balaban J connectivity index is 2.17. The van der Waals surface area contributed by atoms with E-state index in [1.807, 2.05) is 0 Å². The Morgan fingerprint density at radius 1 is 1.48 bits per heavy atom. The maximum Gasteiger partial charge on any atom is 0.342 e. The molecule has 21 heavy (non-hydrogen) atoms. The number of methoxy groups -OCH3 is 1. The van der Waals surface area contributed by atoms with Crippen molar-refractivity contribution in [3.63, 3.8) is 0 Å². The van der Waals surface area contributed by atoms with Crippen molar-refractivity contribution in [2.45, 2.75) is 13.5 Å². The van der Waals surface area contributed by atoms with Crippen molar-refractivity contribution in [1.82, 2.24) is 10.1 Å². The zero-order valence-electron chi connectivity index (χ0n) is 11.2. The predicted molar refractivity (Wildman–Crippen MR) is 67.8 cm³/mol. The molecule has 9 heteroatoms. The van der Waals surface area contributed by atoms with Crippen LogP contribution in [0, 0.1) is 17.0 Å². The van der Waals surface area contributed by atoms with Crippen molar-refractivity contribution < 1.29 is 23.7 Å². The number of non-ortho nitro benzene ring substituents is 1. The normalized spacial score (nSPS) is 10.2. The van der Waals surface area contributed by atoms with Crippen molar-refractivity contribution in [2.24, 2.45) is 0 Å². The number of rotatable bonds is 5. The molecule has 0 aliphatic carbocycles. The van der Waals surface area contributed by atoms with Crippen molar-refractivity contribution in [3.8, 4) is 5.75 Å². The van der Waals surface area contributed by atoms with Crippen LogP contribution in [0.25, 0.3) is 0 Å². The largest absolute Gasteiger partial charge is 0.496 e. The topological polar surface area (TPSA) is 118 Å². The van der Waals surface area contributed by atoms with Gasteiger partial charge >= 0.3 is 5.97 Å². The van der Waals surface area contributed by atoms with Gasteiger partial charge in [0.25, 0.3) is 5.69 Å². The van der Waals surface area contributed by atoms with Crippen LogP contribution in [0.3, 0.4) is 0 Å². The molecule has 0 saturated heterocycles. The number of carbonyl (C=O) groups is 1. The Kier molecular flexibility index (Phi) is 4.12. The molecule has 0 atom stereocenters. The molecule has 0 aliphatic heterocycles. The third-order valence-corrected chi connectivity index (χ3v) is 2.52. The molecule has 0 radical (unpaired) electrons. The molecule has 2 aromatic rings. The van der Waals surface area contributed by atoms with Crippen LogP contribution in [-0.2, 0) is 11.3 Å². The zero-order chi connectivity index (χ0) is 15.4. The molecular formula is C12H11N3O6. The molecule has 1 aromatic heterocycles.